The van der Waals surface area contributed by atoms with Crippen molar-refractivity contribution < 1.29 is 4.79 Å². The average Bonchev–Trinajstić information content (AvgIpc) is 2.93. The maximum absolute atomic E-state index is 12.7. The Bertz CT molecular complexity index is 712. The highest BCUT2D eigenvalue weighted by molar-refractivity contribution is 8.02. The highest BCUT2D eigenvalue weighted by Crippen LogP contribution is 2.32. The van der Waals surface area contributed by atoms with Crippen molar-refractivity contribution in [2.45, 2.75) is 56.3 Å². The molecule has 0 aliphatic carbocycles. The predicted octanol–water partition coefficient (Wildman–Crippen LogP) is 5.06. The minimum absolute atomic E-state index is 0.120. The first kappa shape index (κ1) is 20.0. The predicted molar refractivity (Wildman–Crippen MR) is 107 cm³/mol. The molecule has 136 valence electrons. The average molecular weight is 399 g/mol. The van der Waals surface area contributed by atoms with Crippen molar-refractivity contribution in [2.24, 2.45) is 0 Å². The van der Waals surface area contributed by atoms with Gasteiger partial charge in [0.2, 0.25) is 11.0 Å². The van der Waals surface area contributed by atoms with E-state index in [0.717, 1.165) is 10.0 Å². The number of rotatable bonds is 7. The monoisotopic (exact) mass is 398 g/mol. The van der Waals surface area contributed by atoms with Gasteiger partial charge in [-0.15, -0.1) is 10.2 Å². The van der Waals surface area contributed by atoms with Crippen LogP contribution < -0.4 is 5.32 Å². The lowest BCUT2D eigenvalue weighted by atomic mass is 10.2. The molecule has 0 saturated carbocycles. The molecule has 1 heterocycles. The maximum atomic E-state index is 12.7. The topological polar surface area (TPSA) is 58.1 Å². The lowest BCUT2D eigenvalue weighted by Gasteiger charge is -2.32. The Labute approximate surface area is 162 Å². The molecule has 0 radical (unpaired) electrons. The molecule has 1 aromatic heterocycles. The van der Waals surface area contributed by atoms with Crippen LogP contribution in [0.5, 0.6) is 0 Å². The van der Waals surface area contributed by atoms with Crippen LogP contribution in [0.25, 0.3) is 0 Å². The third-order valence-electron chi connectivity index (χ3n) is 3.47. The van der Waals surface area contributed by atoms with Crippen molar-refractivity contribution in [3.8, 4) is 0 Å². The second-order valence-electron chi connectivity index (χ2n) is 6.20. The van der Waals surface area contributed by atoms with E-state index in [-0.39, 0.29) is 23.2 Å². The molecule has 0 saturated heterocycles. The summed E-state index contributed by atoms with van der Waals surface area (Å²) in [5, 5.41) is 12.6. The maximum Gasteiger partial charge on any atom is 0.236 e. The molecular weight excluding hydrogens is 376 g/mol. The summed E-state index contributed by atoms with van der Waals surface area (Å²) in [6.07, 6.45) is 0. The van der Waals surface area contributed by atoms with Crippen LogP contribution in [0.1, 0.15) is 34.6 Å². The van der Waals surface area contributed by atoms with Crippen LogP contribution in [0, 0.1) is 0 Å². The molecule has 5 nitrogen and oxygen atoms in total. The first-order valence-corrected chi connectivity index (χ1v) is 10.2. The molecule has 25 heavy (non-hydrogen) atoms. The van der Waals surface area contributed by atoms with E-state index in [9.17, 15) is 4.79 Å². The molecule has 0 aliphatic rings. The van der Waals surface area contributed by atoms with E-state index in [1.165, 1.54) is 23.1 Å². The van der Waals surface area contributed by atoms with Gasteiger partial charge in [0.25, 0.3) is 0 Å². The van der Waals surface area contributed by atoms with Crippen LogP contribution in [0.4, 0.5) is 10.8 Å². The number of hydrogen-bond donors (Lipinski definition) is 1. The Kier molecular flexibility index (Phi) is 7.10. The number of hydrogen-bond acceptors (Lipinski definition) is 6. The Morgan fingerprint density at radius 1 is 1.20 bits per heavy atom. The molecule has 0 bridgehead atoms. The molecule has 0 fully saturated rings. The molecule has 1 amide bonds. The summed E-state index contributed by atoms with van der Waals surface area (Å²) in [6.45, 7) is 10.1. The Balaban J connectivity index is 2.01. The van der Waals surface area contributed by atoms with Gasteiger partial charge in [0.05, 0.1) is 5.25 Å². The molecule has 8 heteroatoms. The Morgan fingerprint density at radius 2 is 1.88 bits per heavy atom. The summed E-state index contributed by atoms with van der Waals surface area (Å²) in [7, 11) is 0. The van der Waals surface area contributed by atoms with Crippen LogP contribution in [-0.4, -0.2) is 38.3 Å². The van der Waals surface area contributed by atoms with Crippen molar-refractivity contribution in [3.63, 3.8) is 0 Å². The van der Waals surface area contributed by atoms with Gasteiger partial charge in [-0.2, -0.15) is 0 Å². The zero-order valence-electron chi connectivity index (χ0n) is 15.0. The van der Waals surface area contributed by atoms with Crippen LogP contribution in [-0.2, 0) is 4.79 Å². The van der Waals surface area contributed by atoms with Crippen molar-refractivity contribution in [3.05, 3.63) is 29.3 Å². The van der Waals surface area contributed by atoms with Gasteiger partial charge < -0.3 is 10.2 Å². The summed E-state index contributed by atoms with van der Waals surface area (Å²) in [5.41, 5.74) is 0.857. The van der Waals surface area contributed by atoms with E-state index >= 15 is 0 Å². The Morgan fingerprint density at radius 3 is 2.48 bits per heavy atom. The van der Waals surface area contributed by atoms with E-state index in [2.05, 4.69) is 15.5 Å². The van der Waals surface area contributed by atoms with Gasteiger partial charge in [0, 0.05) is 22.8 Å². The number of amides is 1. The number of nitrogens with zero attached hydrogens (tertiary/aromatic N) is 3. The summed E-state index contributed by atoms with van der Waals surface area (Å²) >= 11 is 8.84. The molecule has 0 spiro atoms. The fraction of sp³-hybridized carbons (Fsp3) is 0.471. The molecule has 1 aromatic carbocycles. The Hall–Kier alpha value is -1.31. The standard InChI is InChI=1S/C17H23ClN4OS2/c1-10(2)22(11(3)4)15(23)12(5)24-17-21-20-16(25-17)19-14-8-6-7-13(18)9-14/h6-12H,1-5H3,(H,19,20)/t12-/m0/s1. The van der Waals surface area contributed by atoms with Gasteiger partial charge in [-0.3, -0.25) is 4.79 Å². The number of thioether (sulfide) groups is 1. The summed E-state index contributed by atoms with van der Waals surface area (Å²) in [4.78, 5) is 14.6. The summed E-state index contributed by atoms with van der Waals surface area (Å²) in [5.74, 6) is 0.120. The third kappa shape index (κ3) is 5.59. The zero-order valence-corrected chi connectivity index (χ0v) is 17.4. The fourth-order valence-corrected chi connectivity index (χ4v) is 4.68. The molecule has 2 aromatic rings. The summed E-state index contributed by atoms with van der Waals surface area (Å²) < 4.78 is 0.762. The van der Waals surface area contributed by atoms with E-state index in [1.54, 1.807) is 0 Å². The number of anilines is 2. The van der Waals surface area contributed by atoms with Crippen molar-refractivity contribution in [1.82, 2.24) is 15.1 Å². The summed E-state index contributed by atoms with van der Waals surface area (Å²) in [6, 6.07) is 7.76. The van der Waals surface area contributed by atoms with Crippen molar-refractivity contribution in [1.29, 1.82) is 0 Å². The number of carbonyl (C=O) groups excluding carboxylic acids is 1. The first-order chi connectivity index (χ1) is 11.8. The number of aromatic nitrogens is 2. The zero-order chi connectivity index (χ0) is 18.6. The third-order valence-corrected chi connectivity index (χ3v) is 5.72. The molecule has 1 atom stereocenters. The van der Waals surface area contributed by atoms with Gasteiger partial charge in [0.1, 0.15) is 0 Å². The smallest absolute Gasteiger partial charge is 0.236 e. The highest BCUT2D eigenvalue weighted by Gasteiger charge is 2.26. The molecule has 2 rings (SSSR count). The van der Waals surface area contributed by atoms with E-state index in [0.29, 0.717) is 10.2 Å². The number of nitrogens with one attached hydrogen (secondary N) is 1. The van der Waals surface area contributed by atoms with Crippen LogP contribution in [0.15, 0.2) is 28.6 Å². The van der Waals surface area contributed by atoms with Crippen molar-refractivity contribution >= 4 is 51.4 Å². The first-order valence-electron chi connectivity index (χ1n) is 8.13. The lowest BCUT2D eigenvalue weighted by Crippen LogP contribution is -2.45. The normalized spacial score (nSPS) is 12.5. The second-order valence-corrected chi connectivity index (χ2v) is 9.20. The van der Waals surface area contributed by atoms with Crippen LogP contribution >= 0.6 is 34.7 Å². The van der Waals surface area contributed by atoms with Gasteiger partial charge in [-0.1, -0.05) is 40.8 Å². The molecule has 0 unspecified atom stereocenters. The van der Waals surface area contributed by atoms with Crippen LogP contribution in [0.2, 0.25) is 5.02 Å². The van der Waals surface area contributed by atoms with Gasteiger partial charge >= 0.3 is 0 Å². The van der Waals surface area contributed by atoms with Crippen LogP contribution in [0.3, 0.4) is 0 Å². The minimum Gasteiger partial charge on any atom is -0.337 e. The number of halogens is 1. The lowest BCUT2D eigenvalue weighted by molar-refractivity contribution is -0.133. The highest BCUT2D eigenvalue weighted by atomic mass is 35.5. The second kappa shape index (κ2) is 8.87. The van der Waals surface area contributed by atoms with Crippen molar-refractivity contribution in [2.75, 3.05) is 5.32 Å². The van der Waals surface area contributed by atoms with Gasteiger partial charge in [0.15, 0.2) is 4.34 Å². The fourth-order valence-electron chi connectivity index (χ4n) is 2.51. The van der Waals surface area contributed by atoms with Gasteiger partial charge in [-0.05, 0) is 52.8 Å². The van der Waals surface area contributed by atoms with E-state index < -0.39 is 0 Å². The van der Waals surface area contributed by atoms with E-state index in [1.807, 2.05) is 63.8 Å². The quantitative estimate of drug-likeness (QED) is 0.660. The SMILES string of the molecule is CC(C)N(C(=O)[C@H](C)Sc1nnc(Nc2cccc(Cl)c2)s1)C(C)C. The molecule has 1 N–H and O–H groups in total. The minimum atomic E-state index is -0.211. The molecule has 0 aliphatic heterocycles. The molecular formula is C17H23ClN4OS2. The largest absolute Gasteiger partial charge is 0.337 e. The number of benzene rings is 1. The van der Waals surface area contributed by atoms with E-state index in [4.69, 9.17) is 11.6 Å². The number of carbonyl (C=O) groups is 1. The van der Waals surface area contributed by atoms with Gasteiger partial charge in [-0.25, -0.2) is 0 Å².